The molecule has 10 nitrogen and oxygen atoms in total. The number of benzene rings is 1. The van der Waals surface area contributed by atoms with Gasteiger partial charge in [0, 0.05) is 38.3 Å². The number of anilines is 1. The number of hydrogen-bond acceptors (Lipinski definition) is 8. The molecule has 202 valence electrons. The molecule has 0 bridgehead atoms. The van der Waals surface area contributed by atoms with E-state index in [-0.39, 0.29) is 29.8 Å². The number of piperazine rings is 1. The predicted octanol–water partition coefficient (Wildman–Crippen LogP) is 4.18. The van der Waals surface area contributed by atoms with E-state index in [9.17, 15) is 9.59 Å². The number of carbonyl (C=O) groups excluding carboxylic acids is 2. The molecule has 1 saturated heterocycles. The number of nitriles is 1. The topological polar surface area (TPSA) is 121 Å². The van der Waals surface area contributed by atoms with Gasteiger partial charge in [-0.15, -0.1) is 0 Å². The van der Waals surface area contributed by atoms with Crippen molar-refractivity contribution in [1.82, 2.24) is 20.2 Å². The summed E-state index contributed by atoms with van der Waals surface area (Å²) in [5, 5.41) is 12.4. The Bertz CT molecular complexity index is 1180. The molecule has 2 aromatic rings. The normalized spacial score (nSPS) is 19.9. The van der Waals surface area contributed by atoms with Crippen LogP contribution in [0.25, 0.3) is 0 Å². The molecule has 0 radical (unpaired) electrons. The smallest absolute Gasteiger partial charge is 0.410 e. The van der Waals surface area contributed by atoms with Crippen LogP contribution < -0.4 is 15.0 Å². The van der Waals surface area contributed by atoms with Gasteiger partial charge in [-0.25, -0.2) is 14.8 Å². The van der Waals surface area contributed by atoms with Gasteiger partial charge in [0.25, 0.3) is 5.91 Å². The van der Waals surface area contributed by atoms with Gasteiger partial charge in [0.05, 0.1) is 29.1 Å². The van der Waals surface area contributed by atoms with E-state index >= 15 is 0 Å². The molecule has 1 N–H and O–H groups in total. The fourth-order valence-corrected chi connectivity index (χ4v) is 4.70. The minimum atomic E-state index is -0.524. The van der Waals surface area contributed by atoms with Crippen LogP contribution in [0.3, 0.4) is 0 Å². The first-order valence-electron chi connectivity index (χ1n) is 12.8. The summed E-state index contributed by atoms with van der Waals surface area (Å²) in [7, 11) is 0. The molecule has 2 fully saturated rings. The summed E-state index contributed by atoms with van der Waals surface area (Å²) in [6, 6.07) is 7.14. The molecule has 1 saturated carbocycles. The number of ether oxygens (including phenoxy) is 2. The third kappa shape index (κ3) is 7.25. The van der Waals surface area contributed by atoms with E-state index < -0.39 is 5.60 Å². The second kappa shape index (κ2) is 11.9. The van der Waals surface area contributed by atoms with Crippen LogP contribution in [0.1, 0.15) is 62.5 Å². The maximum absolute atomic E-state index is 12.7. The quantitative estimate of drug-likeness (QED) is 0.599. The zero-order valence-electron chi connectivity index (χ0n) is 21.9. The molecule has 1 aromatic heterocycles. The first kappa shape index (κ1) is 27.5. The van der Waals surface area contributed by atoms with Crippen molar-refractivity contribution in [2.45, 2.75) is 64.2 Å². The second-order valence-corrected chi connectivity index (χ2v) is 10.9. The SMILES string of the molecule is CC(C)(C)OC(=O)N1CCN(c2cnc(C(=O)NC3CCC(Oc4ccc(C#N)c(Cl)c4)CC3)cn2)CC1. The molecule has 0 atom stereocenters. The van der Waals surface area contributed by atoms with Crippen LogP contribution in [0.4, 0.5) is 10.6 Å². The Balaban J connectivity index is 1.21. The van der Waals surface area contributed by atoms with E-state index in [4.69, 9.17) is 26.3 Å². The van der Waals surface area contributed by atoms with E-state index in [1.807, 2.05) is 31.7 Å². The van der Waals surface area contributed by atoms with E-state index in [2.05, 4.69) is 15.3 Å². The highest BCUT2D eigenvalue weighted by Crippen LogP contribution is 2.27. The molecule has 0 unspecified atom stereocenters. The van der Waals surface area contributed by atoms with Crippen molar-refractivity contribution >= 4 is 29.4 Å². The van der Waals surface area contributed by atoms with Crippen molar-refractivity contribution in [3.05, 3.63) is 46.9 Å². The lowest BCUT2D eigenvalue weighted by Crippen LogP contribution is -2.50. The van der Waals surface area contributed by atoms with Crippen LogP contribution in [0.5, 0.6) is 5.75 Å². The molecule has 2 aliphatic rings. The summed E-state index contributed by atoms with van der Waals surface area (Å²) < 4.78 is 11.5. The van der Waals surface area contributed by atoms with Gasteiger partial charge in [0.1, 0.15) is 28.9 Å². The van der Waals surface area contributed by atoms with Crippen LogP contribution in [-0.4, -0.2) is 70.8 Å². The summed E-state index contributed by atoms with van der Waals surface area (Å²) in [5.41, 5.74) is 0.165. The van der Waals surface area contributed by atoms with Crippen LogP contribution >= 0.6 is 11.6 Å². The molecule has 1 aliphatic carbocycles. The number of carbonyl (C=O) groups is 2. The Morgan fingerprint density at radius 1 is 1.08 bits per heavy atom. The van der Waals surface area contributed by atoms with Crippen LogP contribution in [0, 0.1) is 11.3 Å². The minimum Gasteiger partial charge on any atom is -0.490 e. The Morgan fingerprint density at radius 3 is 2.37 bits per heavy atom. The van der Waals surface area contributed by atoms with Crippen molar-refractivity contribution in [2.75, 3.05) is 31.1 Å². The Labute approximate surface area is 227 Å². The molecular weight excluding hydrogens is 508 g/mol. The van der Waals surface area contributed by atoms with Gasteiger partial charge < -0.3 is 24.6 Å². The zero-order chi connectivity index (χ0) is 27.3. The molecule has 11 heteroatoms. The molecule has 38 heavy (non-hydrogen) atoms. The molecule has 4 rings (SSSR count). The predicted molar refractivity (Wildman–Crippen MR) is 142 cm³/mol. The van der Waals surface area contributed by atoms with Crippen molar-refractivity contribution in [3.63, 3.8) is 0 Å². The Morgan fingerprint density at radius 2 is 1.79 bits per heavy atom. The van der Waals surface area contributed by atoms with Crippen molar-refractivity contribution in [3.8, 4) is 11.8 Å². The summed E-state index contributed by atoms with van der Waals surface area (Å²) in [6.07, 6.45) is 5.98. The third-order valence-corrected chi connectivity index (χ3v) is 6.81. The first-order valence-corrected chi connectivity index (χ1v) is 13.2. The number of nitrogens with one attached hydrogen (secondary N) is 1. The fraction of sp³-hybridized carbons (Fsp3) is 0.519. The molecule has 2 amide bonds. The number of halogens is 1. The molecule has 2 heterocycles. The monoisotopic (exact) mass is 540 g/mol. The van der Waals surface area contributed by atoms with Crippen LogP contribution in [-0.2, 0) is 4.74 Å². The van der Waals surface area contributed by atoms with Gasteiger partial charge in [-0.05, 0) is 58.6 Å². The van der Waals surface area contributed by atoms with Crippen LogP contribution in [0.2, 0.25) is 5.02 Å². The highest BCUT2D eigenvalue weighted by atomic mass is 35.5. The van der Waals surface area contributed by atoms with Crippen molar-refractivity contribution in [2.24, 2.45) is 0 Å². The average molecular weight is 541 g/mol. The maximum Gasteiger partial charge on any atom is 0.410 e. The zero-order valence-corrected chi connectivity index (χ0v) is 22.7. The molecular formula is C27H33ClN6O4. The van der Waals surface area contributed by atoms with Crippen LogP contribution in [0.15, 0.2) is 30.6 Å². The average Bonchev–Trinajstić information content (AvgIpc) is 2.89. The van der Waals surface area contributed by atoms with Gasteiger partial charge in [-0.3, -0.25) is 4.79 Å². The summed E-state index contributed by atoms with van der Waals surface area (Å²) in [6.45, 7) is 7.84. The lowest BCUT2D eigenvalue weighted by atomic mass is 9.93. The molecule has 1 aliphatic heterocycles. The number of nitrogens with zero attached hydrogens (tertiary/aromatic N) is 5. The fourth-order valence-electron chi connectivity index (χ4n) is 4.48. The lowest BCUT2D eigenvalue weighted by Gasteiger charge is -2.36. The van der Waals surface area contributed by atoms with Crippen molar-refractivity contribution < 1.29 is 19.1 Å². The maximum atomic E-state index is 12.7. The molecule has 0 spiro atoms. The van der Waals surface area contributed by atoms with Gasteiger partial charge >= 0.3 is 6.09 Å². The second-order valence-electron chi connectivity index (χ2n) is 10.5. The van der Waals surface area contributed by atoms with Crippen molar-refractivity contribution in [1.29, 1.82) is 5.26 Å². The van der Waals surface area contributed by atoms with E-state index in [1.54, 1.807) is 29.3 Å². The lowest BCUT2D eigenvalue weighted by molar-refractivity contribution is 0.0240. The van der Waals surface area contributed by atoms with Gasteiger partial charge in [0.2, 0.25) is 0 Å². The van der Waals surface area contributed by atoms with E-state index in [1.165, 1.54) is 6.20 Å². The van der Waals surface area contributed by atoms with E-state index in [0.29, 0.717) is 48.3 Å². The summed E-state index contributed by atoms with van der Waals surface area (Å²) in [5.74, 6) is 1.07. The number of rotatable bonds is 5. The Kier molecular flexibility index (Phi) is 8.57. The van der Waals surface area contributed by atoms with Gasteiger partial charge in [-0.2, -0.15) is 5.26 Å². The molecule has 1 aromatic carbocycles. The van der Waals surface area contributed by atoms with Gasteiger partial charge in [-0.1, -0.05) is 11.6 Å². The standard InChI is InChI=1S/C27H33ClN6O4/c1-27(2,3)38-26(36)34-12-10-33(11-13-34)24-17-30-23(16-31-24)25(35)32-19-5-8-20(9-6-19)37-21-7-4-18(15-29)22(28)14-21/h4,7,14,16-17,19-20H,5-6,8-13H2,1-3H3,(H,32,35). The minimum absolute atomic E-state index is 0.0296. The Hall–Kier alpha value is -3.58. The highest BCUT2D eigenvalue weighted by Gasteiger charge is 2.27. The summed E-state index contributed by atoms with van der Waals surface area (Å²) in [4.78, 5) is 37.5. The largest absolute Gasteiger partial charge is 0.490 e. The number of hydrogen-bond donors (Lipinski definition) is 1. The highest BCUT2D eigenvalue weighted by molar-refractivity contribution is 6.31. The first-order chi connectivity index (χ1) is 18.1. The number of amides is 2. The number of aromatic nitrogens is 2. The summed E-state index contributed by atoms with van der Waals surface area (Å²) >= 11 is 6.09. The van der Waals surface area contributed by atoms with E-state index in [0.717, 1.165) is 25.7 Å². The van der Waals surface area contributed by atoms with Gasteiger partial charge in [0.15, 0.2) is 0 Å². The third-order valence-electron chi connectivity index (χ3n) is 6.50.